The lowest BCUT2D eigenvalue weighted by Gasteiger charge is -2.29. The highest BCUT2D eigenvalue weighted by Gasteiger charge is 2.23. The molecule has 2 nitrogen and oxygen atoms in total. The van der Waals surface area contributed by atoms with Crippen molar-refractivity contribution in [3.8, 4) is 33.4 Å². The van der Waals surface area contributed by atoms with Crippen molar-refractivity contribution in [3.63, 3.8) is 0 Å². The van der Waals surface area contributed by atoms with Crippen LogP contribution in [-0.4, -0.2) is 0 Å². The van der Waals surface area contributed by atoms with Crippen molar-refractivity contribution in [2.45, 2.75) is 38.0 Å². The number of para-hydroxylation sites is 2. The summed E-state index contributed by atoms with van der Waals surface area (Å²) in [5.74, 6) is 0.586. The normalized spacial score (nSPS) is 13.4. The number of hydrogen-bond donors (Lipinski definition) is 0. The molecule has 62 heavy (non-hydrogen) atoms. The van der Waals surface area contributed by atoms with E-state index < -0.39 is 0 Å². The number of furan rings is 1. The highest BCUT2D eigenvalue weighted by atomic mass is 16.3. The van der Waals surface area contributed by atoms with Crippen molar-refractivity contribution in [3.05, 3.63) is 212 Å². The quantitative estimate of drug-likeness (QED) is 0.149. The molecule has 1 aromatic heterocycles. The first-order valence-corrected chi connectivity index (χ1v) is 22.2. The van der Waals surface area contributed by atoms with E-state index >= 15 is 0 Å². The lowest BCUT2D eigenvalue weighted by molar-refractivity contribution is 0.445. The zero-order valence-corrected chi connectivity index (χ0v) is 34.6. The number of benzene rings is 10. The molecular formula is C60H45NO. The van der Waals surface area contributed by atoms with E-state index in [-0.39, 0.29) is 0 Å². The summed E-state index contributed by atoms with van der Waals surface area (Å²) >= 11 is 0. The largest absolute Gasteiger partial charge is 0.456 e. The third-order valence-corrected chi connectivity index (χ3v) is 13.5. The minimum atomic E-state index is 0.586. The van der Waals surface area contributed by atoms with Gasteiger partial charge in [0.2, 0.25) is 0 Å². The van der Waals surface area contributed by atoms with Crippen LogP contribution >= 0.6 is 0 Å². The fraction of sp³-hybridized carbons (Fsp3) is 0.100. The topological polar surface area (TPSA) is 16.4 Å². The minimum absolute atomic E-state index is 0.586. The second-order valence-electron chi connectivity index (χ2n) is 17.0. The Balaban J connectivity index is 1.00. The average molecular weight is 796 g/mol. The molecule has 1 heterocycles. The molecule has 2 heteroatoms. The smallest absolute Gasteiger partial charge is 0.135 e. The highest BCUT2D eigenvalue weighted by molar-refractivity contribution is 6.12. The van der Waals surface area contributed by atoms with Crippen LogP contribution in [0.5, 0.6) is 0 Å². The molecule has 0 saturated heterocycles. The van der Waals surface area contributed by atoms with Crippen molar-refractivity contribution in [2.75, 3.05) is 4.90 Å². The molecule has 0 N–H and O–H groups in total. The van der Waals surface area contributed by atoms with Gasteiger partial charge in [-0.25, -0.2) is 0 Å². The number of nitrogens with zero attached hydrogens (tertiary/aromatic N) is 1. The van der Waals surface area contributed by atoms with E-state index in [4.69, 9.17) is 4.42 Å². The second kappa shape index (κ2) is 15.2. The van der Waals surface area contributed by atoms with E-state index in [9.17, 15) is 0 Å². The number of hydrogen-bond acceptors (Lipinski definition) is 2. The van der Waals surface area contributed by atoms with Crippen LogP contribution in [0.4, 0.5) is 17.1 Å². The van der Waals surface area contributed by atoms with Gasteiger partial charge in [-0.05, 0) is 133 Å². The van der Waals surface area contributed by atoms with Crippen LogP contribution in [0.25, 0.3) is 87.6 Å². The molecule has 1 aliphatic rings. The lowest BCUT2D eigenvalue weighted by atomic mass is 9.80. The average Bonchev–Trinajstić information content (AvgIpc) is 3.72. The maximum absolute atomic E-state index is 6.18. The van der Waals surface area contributed by atoms with Gasteiger partial charge in [-0.1, -0.05) is 177 Å². The van der Waals surface area contributed by atoms with Gasteiger partial charge in [-0.2, -0.15) is 0 Å². The Kier molecular flexibility index (Phi) is 8.96. The third kappa shape index (κ3) is 6.25. The SMILES string of the molecule is c1ccc(N(c2ccc(-c3ccc4oc5ccccc5c4c3)cc2)c2ccc(-c3cccc4c3ccc3ccccc34)cc2)c(-c2cccc3cccc(C4CCCCC4)c23)c1. The monoisotopic (exact) mass is 795 g/mol. The summed E-state index contributed by atoms with van der Waals surface area (Å²) in [4.78, 5) is 2.45. The van der Waals surface area contributed by atoms with Gasteiger partial charge in [-0.3, -0.25) is 0 Å². The van der Waals surface area contributed by atoms with Crippen LogP contribution in [0, 0.1) is 0 Å². The summed E-state index contributed by atoms with van der Waals surface area (Å²) in [5, 5.41) is 10.1. The van der Waals surface area contributed by atoms with Gasteiger partial charge in [-0.15, -0.1) is 0 Å². The van der Waals surface area contributed by atoms with Crippen LogP contribution in [0.3, 0.4) is 0 Å². The molecule has 0 amide bonds. The van der Waals surface area contributed by atoms with Crippen molar-refractivity contribution in [1.82, 2.24) is 0 Å². The Morgan fingerprint density at radius 2 is 0.984 bits per heavy atom. The maximum Gasteiger partial charge on any atom is 0.135 e. The van der Waals surface area contributed by atoms with Crippen molar-refractivity contribution in [2.24, 2.45) is 0 Å². The predicted molar refractivity (Wildman–Crippen MR) is 263 cm³/mol. The van der Waals surface area contributed by atoms with Crippen molar-refractivity contribution < 1.29 is 4.42 Å². The zero-order chi connectivity index (χ0) is 41.0. The maximum atomic E-state index is 6.18. The van der Waals surface area contributed by atoms with Gasteiger partial charge >= 0.3 is 0 Å². The lowest BCUT2D eigenvalue weighted by Crippen LogP contribution is -2.11. The van der Waals surface area contributed by atoms with Gasteiger partial charge < -0.3 is 9.32 Å². The Labute approximate surface area is 362 Å². The van der Waals surface area contributed by atoms with Crippen LogP contribution in [0.1, 0.15) is 43.6 Å². The molecule has 10 aromatic carbocycles. The summed E-state index contributed by atoms with van der Waals surface area (Å²) < 4.78 is 6.18. The van der Waals surface area contributed by atoms with Gasteiger partial charge in [0.1, 0.15) is 11.2 Å². The van der Waals surface area contributed by atoms with Crippen molar-refractivity contribution >= 4 is 71.3 Å². The fourth-order valence-corrected chi connectivity index (χ4v) is 10.5. The first-order chi connectivity index (χ1) is 30.7. The molecule has 0 spiro atoms. The molecular weight excluding hydrogens is 751 g/mol. The van der Waals surface area contributed by atoms with Crippen LogP contribution < -0.4 is 4.90 Å². The first-order valence-electron chi connectivity index (χ1n) is 22.2. The van der Waals surface area contributed by atoms with Crippen LogP contribution in [0.2, 0.25) is 0 Å². The van der Waals surface area contributed by atoms with Gasteiger partial charge in [0.15, 0.2) is 0 Å². The summed E-state index contributed by atoms with van der Waals surface area (Å²) in [6.45, 7) is 0. The van der Waals surface area contributed by atoms with Crippen molar-refractivity contribution in [1.29, 1.82) is 0 Å². The Morgan fingerprint density at radius 3 is 1.82 bits per heavy atom. The summed E-state index contributed by atoms with van der Waals surface area (Å²) in [7, 11) is 0. The molecule has 12 rings (SSSR count). The van der Waals surface area contributed by atoms with E-state index in [0.717, 1.165) is 39.0 Å². The summed E-state index contributed by atoms with van der Waals surface area (Å²) in [5.41, 5.74) is 14.0. The van der Waals surface area contributed by atoms with Gasteiger partial charge in [0.05, 0.1) is 5.69 Å². The molecule has 0 unspecified atom stereocenters. The Bertz CT molecular complexity index is 3440. The number of rotatable bonds is 7. The van der Waals surface area contributed by atoms with Gasteiger partial charge in [0.25, 0.3) is 0 Å². The summed E-state index contributed by atoms with van der Waals surface area (Å²) in [6.07, 6.45) is 6.48. The molecule has 0 radical (unpaired) electrons. The third-order valence-electron chi connectivity index (χ3n) is 13.5. The molecule has 296 valence electrons. The molecule has 11 aromatic rings. The van der Waals surface area contributed by atoms with E-state index in [2.05, 4.69) is 199 Å². The van der Waals surface area contributed by atoms with E-state index in [1.54, 1.807) is 0 Å². The van der Waals surface area contributed by atoms with Crippen LogP contribution in [-0.2, 0) is 0 Å². The van der Waals surface area contributed by atoms with E-state index in [0.29, 0.717) is 5.92 Å². The zero-order valence-electron chi connectivity index (χ0n) is 34.6. The molecule has 1 saturated carbocycles. The Hall–Kier alpha value is -7.42. The van der Waals surface area contributed by atoms with E-state index in [1.807, 2.05) is 12.1 Å². The molecule has 0 aliphatic heterocycles. The number of fused-ring (bicyclic) bond motifs is 7. The van der Waals surface area contributed by atoms with Gasteiger partial charge in [0, 0.05) is 27.7 Å². The Morgan fingerprint density at radius 1 is 0.371 bits per heavy atom. The molecule has 1 aliphatic carbocycles. The molecule has 0 atom stereocenters. The summed E-state index contributed by atoms with van der Waals surface area (Å²) in [6, 6.07) is 75.9. The predicted octanol–water partition coefficient (Wildman–Crippen LogP) is 17.6. The van der Waals surface area contributed by atoms with E-state index in [1.165, 1.54) is 103 Å². The fourth-order valence-electron chi connectivity index (χ4n) is 10.5. The second-order valence-corrected chi connectivity index (χ2v) is 17.0. The molecule has 1 fully saturated rings. The van der Waals surface area contributed by atoms with Crippen LogP contribution in [0.15, 0.2) is 211 Å². The minimum Gasteiger partial charge on any atom is -0.456 e. The molecule has 0 bridgehead atoms. The highest BCUT2D eigenvalue weighted by Crippen LogP contribution is 2.46. The standard InChI is InChI=1S/C60H45NO/c1-2-13-41(14-3-1)50-22-10-16-44-17-11-24-55(60(44)50)53-19-6-8-25-57(53)61(46-33-27-40(28-34-46)45-32-38-59-56(39-45)54-20-7-9-26-58(54)62-59)47-35-29-43(30-36-47)49-21-12-23-51-48-18-5-4-15-42(48)31-37-52(49)51/h4-12,15-39,41H,1-3,13-14H2. The number of anilines is 3. The first kappa shape index (κ1) is 36.4.